The second-order valence-electron chi connectivity index (χ2n) is 4.51. The standard InChI is InChI=1S/C15H16FNO3/c1-2-3-12(15(18)19)11-6-7-17-14-5-4-10(20-9-16)8-13(11)14/h4-8,12H,2-3,9H2,1H3,(H,18,19). The second-order valence-corrected chi connectivity index (χ2v) is 4.51. The van der Waals surface area contributed by atoms with E-state index >= 15 is 0 Å². The van der Waals surface area contributed by atoms with Crippen LogP contribution in [0.1, 0.15) is 31.2 Å². The lowest BCUT2D eigenvalue weighted by Crippen LogP contribution is -2.12. The van der Waals surface area contributed by atoms with Gasteiger partial charge in [-0.2, -0.15) is 0 Å². The summed E-state index contributed by atoms with van der Waals surface area (Å²) in [6, 6.07) is 6.67. The third kappa shape index (κ3) is 2.87. The van der Waals surface area contributed by atoms with E-state index in [0.717, 1.165) is 6.42 Å². The number of halogens is 1. The Morgan fingerprint density at radius 3 is 2.90 bits per heavy atom. The molecule has 0 aliphatic carbocycles. The molecule has 0 saturated heterocycles. The van der Waals surface area contributed by atoms with Crippen LogP contribution in [0.2, 0.25) is 0 Å². The van der Waals surface area contributed by atoms with Crippen molar-refractivity contribution in [1.82, 2.24) is 4.98 Å². The predicted molar refractivity (Wildman–Crippen MR) is 73.6 cm³/mol. The van der Waals surface area contributed by atoms with Gasteiger partial charge in [0.1, 0.15) is 5.75 Å². The van der Waals surface area contributed by atoms with Crippen molar-refractivity contribution in [2.75, 3.05) is 6.86 Å². The van der Waals surface area contributed by atoms with E-state index in [9.17, 15) is 14.3 Å². The van der Waals surface area contributed by atoms with Gasteiger partial charge >= 0.3 is 5.97 Å². The number of aliphatic carboxylic acids is 1. The fourth-order valence-corrected chi connectivity index (χ4v) is 2.30. The molecule has 20 heavy (non-hydrogen) atoms. The largest absolute Gasteiger partial charge is 0.481 e. The Kier molecular flexibility index (Phi) is 4.50. The minimum Gasteiger partial charge on any atom is -0.481 e. The lowest BCUT2D eigenvalue weighted by atomic mass is 9.92. The number of benzene rings is 1. The monoisotopic (exact) mass is 277 g/mol. The van der Waals surface area contributed by atoms with Crippen molar-refractivity contribution in [3.8, 4) is 5.75 Å². The molecule has 0 saturated carbocycles. The number of alkyl halides is 1. The van der Waals surface area contributed by atoms with Gasteiger partial charge in [-0.05, 0) is 36.2 Å². The number of fused-ring (bicyclic) bond motifs is 1. The fraction of sp³-hybridized carbons (Fsp3) is 0.333. The molecule has 1 heterocycles. The summed E-state index contributed by atoms with van der Waals surface area (Å²) in [6.07, 6.45) is 2.91. The van der Waals surface area contributed by atoms with Crippen LogP contribution in [-0.2, 0) is 4.79 Å². The highest BCUT2D eigenvalue weighted by Crippen LogP contribution is 2.30. The zero-order valence-electron chi connectivity index (χ0n) is 11.2. The molecule has 1 aromatic carbocycles. The average Bonchev–Trinajstić information content (AvgIpc) is 2.44. The summed E-state index contributed by atoms with van der Waals surface area (Å²) >= 11 is 0. The van der Waals surface area contributed by atoms with Gasteiger partial charge in [-0.25, -0.2) is 4.39 Å². The first-order valence-corrected chi connectivity index (χ1v) is 6.47. The lowest BCUT2D eigenvalue weighted by Gasteiger charge is -2.14. The summed E-state index contributed by atoms with van der Waals surface area (Å²) in [5.74, 6) is -1.09. The van der Waals surface area contributed by atoms with Crippen LogP contribution in [0.4, 0.5) is 4.39 Å². The maximum absolute atomic E-state index is 12.3. The van der Waals surface area contributed by atoms with Crippen LogP contribution < -0.4 is 4.74 Å². The molecule has 0 fully saturated rings. The number of carbonyl (C=O) groups is 1. The topological polar surface area (TPSA) is 59.4 Å². The Balaban J connectivity index is 2.55. The molecular weight excluding hydrogens is 261 g/mol. The minimum absolute atomic E-state index is 0.370. The Morgan fingerprint density at radius 2 is 2.25 bits per heavy atom. The number of carboxylic acids is 1. The average molecular weight is 277 g/mol. The van der Waals surface area contributed by atoms with Crippen LogP contribution in [0.15, 0.2) is 30.5 Å². The molecule has 2 rings (SSSR count). The summed E-state index contributed by atoms with van der Waals surface area (Å²) in [5, 5.41) is 10.1. The molecule has 1 N–H and O–H groups in total. The zero-order chi connectivity index (χ0) is 14.5. The number of hydrogen-bond acceptors (Lipinski definition) is 3. The van der Waals surface area contributed by atoms with Crippen molar-refractivity contribution in [1.29, 1.82) is 0 Å². The highest BCUT2D eigenvalue weighted by atomic mass is 19.1. The van der Waals surface area contributed by atoms with Crippen molar-refractivity contribution < 1.29 is 19.0 Å². The molecule has 0 radical (unpaired) electrons. The predicted octanol–water partition coefficient (Wildman–Crippen LogP) is 3.51. The number of pyridine rings is 1. The van der Waals surface area contributed by atoms with Crippen LogP contribution in [0.3, 0.4) is 0 Å². The minimum atomic E-state index is -0.918. The molecule has 0 bridgehead atoms. The molecule has 1 atom stereocenters. The number of aromatic nitrogens is 1. The molecule has 2 aromatic rings. The van der Waals surface area contributed by atoms with Crippen LogP contribution in [-0.4, -0.2) is 22.9 Å². The Morgan fingerprint density at radius 1 is 1.45 bits per heavy atom. The van der Waals surface area contributed by atoms with E-state index in [-0.39, 0.29) is 0 Å². The van der Waals surface area contributed by atoms with Gasteiger partial charge in [0.15, 0.2) is 0 Å². The van der Waals surface area contributed by atoms with E-state index in [1.54, 1.807) is 30.5 Å². The maximum Gasteiger partial charge on any atom is 0.310 e. The molecule has 1 aromatic heterocycles. The summed E-state index contributed by atoms with van der Waals surface area (Å²) in [5.41, 5.74) is 1.37. The van der Waals surface area contributed by atoms with Gasteiger partial charge in [0, 0.05) is 11.6 Å². The molecule has 0 aliphatic rings. The highest BCUT2D eigenvalue weighted by Gasteiger charge is 2.21. The third-order valence-corrected chi connectivity index (χ3v) is 3.22. The van der Waals surface area contributed by atoms with Crippen LogP contribution in [0.25, 0.3) is 10.9 Å². The first-order chi connectivity index (χ1) is 9.67. The first-order valence-electron chi connectivity index (χ1n) is 6.47. The van der Waals surface area contributed by atoms with Gasteiger partial charge in [0.05, 0.1) is 11.4 Å². The van der Waals surface area contributed by atoms with Crippen LogP contribution in [0, 0.1) is 0 Å². The van der Waals surface area contributed by atoms with E-state index in [1.807, 2.05) is 6.92 Å². The number of rotatable bonds is 6. The van der Waals surface area contributed by atoms with E-state index < -0.39 is 18.7 Å². The van der Waals surface area contributed by atoms with E-state index in [0.29, 0.717) is 28.6 Å². The molecule has 106 valence electrons. The van der Waals surface area contributed by atoms with E-state index in [4.69, 9.17) is 4.74 Å². The molecule has 1 unspecified atom stereocenters. The summed E-state index contributed by atoms with van der Waals surface area (Å²) in [6.45, 7) is 1.02. The van der Waals surface area contributed by atoms with Gasteiger partial charge < -0.3 is 9.84 Å². The molecule has 0 amide bonds. The van der Waals surface area contributed by atoms with Crippen molar-refractivity contribution >= 4 is 16.9 Å². The molecule has 0 spiro atoms. The summed E-state index contributed by atoms with van der Waals surface area (Å²) in [4.78, 5) is 15.6. The number of carboxylic acid groups (broad SMARTS) is 1. The number of nitrogens with zero attached hydrogens (tertiary/aromatic N) is 1. The Hall–Kier alpha value is -2.17. The van der Waals surface area contributed by atoms with Crippen molar-refractivity contribution in [2.45, 2.75) is 25.7 Å². The smallest absolute Gasteiger partial charge is 0.310 e. The Labute approximate surface area is 116 Å². The zero-order valence-corrected chi connectivity index (χ0v) is 11.2. The van der Waals surface area contributed by atoms with E-state index in [2.05, 4.69) is 4.98 Å². The SMILES string of the molecule is CCCC(C(=O)O)c1ccnc2ccc(OCF)cc12. The van der Waals surface area contributed by atoms with Crippen molar-refractivity contribution in [3.63, 3.8) is 0 Å². The Bertz CT molecular complexity index is 615. The van der Waals surface area contributed by atoms with Gasteiger partial charge in [0.25, 0.3) is 0 Å². The first kappa shape index (κ1) is 14.2. The van der Waals surface area contributed by atoms with Crippen molar-refractivity contribution in [2.24, 2.45) is 0 Å². The van der Waals surface area contributed by atoms with Crippen LogP contribution >= 0.6 is 0 Å². The number of ether oxygens (including phenoxy) is 1. The highest BCUT2D eigenvalue weighted by molar-refractivity contribution is 5.89. The van der Waals surface area contributed by atoms with Crippen LogP contribution in [0.5, 0.6) is 5.75 Å². The summed E-state index contributed by atoms with van der Waals surface area (Å²) in [7, 11) is 0. The maximum atomic E-state index is 12.3. The van der Waals surface area contributed by atoms with Gasteiger partial charge in [-0.1, -0.05) is 13.3 Å². The summed E-state index contributed by atoms with van der Waals surface area (Å²) < 4.78 is 17.1. The normalized spacial score (nSPS) is 12.3. The fourth-order valence-electron chi connectivity index (χ4n) is 2.30. The quantitative estimate of drug-likeness (QED) is 0.877. The van der Waals surface area contributed by atoms with Gasteiger partial charge in [-0.15, -0.1) is 0 Å². The van der Waals surface area contributed by atoms with Crippen molar-refractivity contribution in [3.05, 3.63) is 36.0 Å². The molecular formula is C15H16FNO3. The number of hydrogen-bond donors (Lipinski definition) is 1. The molecule has 5 heteroatoms. The third-order valence-electron chi connectivity index (χ3n) is 3.22. The molecule has 0 aliphatic heterocycles. The van der Waals surface area contributed by atoms with Gasteiger partial charge in [-0.3, -0.25) is 9.78 Å². The van der Waals surface area contributed by atoms with Gasteiger partial charge in [0.2, 0.25) is 6.86 Å². The van der Waals surface area contributed by atoms with E-state index in [1.165, 1.54) is 0 Å². The second kappa shape index (κ2) is 6.32. The molecule has 4 nitrogen and oxygen atoms in total. The lowest BCUT2D eigenvalue weighted by molar-refractivity contribution is -0.138.